The van der Waals surface area contributed by atoms with Crippen molar-refractivity contribution in [3.63, 3.8) is 0 Å². The van der Waals surface area contributed by atoms with Crippen molar-refractivity contribution in [3.8, 4) is 11.5 Å². The van der Waals surface area contributed by atoms with Gasteiger partial charge < -0.3 is 19.7 Å². The molecular formula is C29H34N4O3. The molecule has 7 nitrogen and oxygen atoms in total. The molecule has 2 aliphatic rings. The second-order valence-corrected chi connectivity index (χ2v) is 9.33. The second-order valence-electron chi connectivity index (χ2n) is 9.33. The molecule has 2 heterocycles. The summed E-state index contributed by atoms with van der Waals surface area (Å²) in [5, 5.41) is 3.05. The first-order valence-electron chi connectivity index (χ1n) is 12.7. The van der Waals surface area contributed by atoms with Crippen molar-refractivity contribution in [2.24, 2.45) is 0 Å². The number of carbonyl (C=O) groups is 1. The van der Waals surface area contributed by atoms with Crippen LogP contribution in [-0.2, 0) is 17.9 Å². The Morgan fingerprint density at radius 2 is 1.64 bits per heavy atom. The third kappa shape index (κ3) is 6.17. The van der Waals surface area contributed by atoms with Gasteiger partial charge in [0.05, 0.1) is 6.54 Å². The Labute approximate surface area is 213 Å². The van der Waals surface area contributed by atoms with Crippen LogP contribution in [0.1, 0.15) is 18.1 Å². The molecule has 3 aromatic carbocycles. The van der Waals surface area contributed by atoms with E-state index >= 15 is 0 Å². The van der Waals surface area contributed by atoms with Gasteiger partial charge in [-0.1, -0.05) is 43.3 Å². The zero-order valence-corrected chi connectivity index (χ0v) is 20.9. The van der Waals surface area contributed by atoms with Gasteiger partial charge in [0.1, 0.15) is 0 Å². The number of carbonyl (C=O) groups excluding carboxylic acids is 1. The number of ether oxygens (including phenoxy) is 2. The third-order valence-corrected chi connectivity index (χ3v) is 6.80. The summed E-state index contributed by atoms with van der Waals surface area (Å²) in [6.45, 7) is 9.21. The summed E-state index contributed by atoms with van der Waals surface area (Å²) in [5.41, 5.74) is 4.49. The maximum absolute atomic E-state index is 12.7. The standard InChI is InChI=1S/C29H34N4O3/c1-2-31(20-24-8-13-27-28(18-24)36-22-35-27)21-29(34)30-25-9-11-26(12-10-25)33-16-14-32(15-17-33)19-23-6-4-3-5-7-23/h3-13,18H,2,14-17,19-22H2,1H3,(H,30,34). The monoisotopic (exact) mass is 486 g/mol. The predicted octanol–water partition coefficient (Wildman–Crippen LogP) is 4.20. The number of piperazine rings is 1. The van der Waals surface area contributed by atoms with E-state index in [1.54, 1.807) is 0 Å². The molecule has 7 heteroatoms. The summed E-state index contributed by atoms with van der Waals surface area (Å²) in [7, 11) is 0. The Balaban J connectivity index is 1.09. The second kappa shape index (κ2) is 11.5. The van der Waals surface area contributed by atoms with Gasteiger partial charge in [-0.25, -0.2) is 0 Å². The topological polar surface area (TPSA) is 57.3 Å². The fraction of sp³-hybridized carbons (Fsp3) is 0.345. The molecule has 2 aliphatic heterocycles. The van der Waals surface area contributed by atoms with Crippen molar-refractivity contribution in [2.45, 2.75) is 20.0 Å². The van der Waals surface area contributed by atoms with Crippen LogP contribution in [0.4, 0.5) is 11.4 Å². The van der Waals surface area contributed by atoms with E-state index in [-0.39, 0.29) is 12.7 Å². The summed E-state index contributed by atoms with van der Waals surface area (Å²) in [5.74, 6) is 1.53. The van der Waals surface area contributed by atoms with E-state index in [1.165, 1.54) is 11.3 Å². The molecular weight excluding hydrogens is 452 g/mol. The fourth-order valence-corrected chi connectivity index (χ4v) is 4.74. The lowest BCUT2D eigenvalue weighted by atomic mass is 10.2. The van der Waals surface area contributed by atoms with Gasteiger partial charge in [-0.15, -0.1) is 0 Å². The summed E-state index contributed by atoms with van der Waals surface area (Å²) >= 11 is 0. The van der Waals surface area contributed by atoms with Gasteiger partial charge in [0.25, 0.3) is 0 Å². The summed E-state index contributed by atoms with van der Waals surface area (Å²) < 4.78 is 10.9. The zero-order chi connectivity index (χ0) is 24.7. The number of likely N-dealkylation sites (N-methyl/N-ethyl adjacent to an activating group) is 1. The van der Waals surface area contributed by atoms with E-state index in [2.05, 4.69) is 69.4 Å². The maximum atomic E-state index is 12.7. The minimum absolute atomic E-state index is 0.0140. The van der Waals surface area contributed by atoms with Crippen LogP contribution in [0.25, 0.3) is 0 Å². The van der Waals surface area contributed by atoms with Crippen LogP contribution in [0.2, 0.25) is 0 Å². The number of hydrogen-bond donors (Lipinski definition) is 1. The van der Waals surface area contributed by atoms with E-state index in [9.17, 15) is 4.79 Å². The number of fused-ring (bicyclic) bond motifs is 1. The molecule has 1 amide bonds. The largest absolute Gasteiger partial charge is 0.454 e. The average Bonchev–Trinajstić information content (AvgIpc) is 3.38. The molecule has 188 valence electrons. The highest BCUT2D eigenvalue weighted by atomic mass is 16.7. The first kappa shape index (κ1) is 24.2. The van der Waals surface area contributed by atoms with E-state index in [1.807, 2.05) is 30.3 Å². The number of rotatable bonds is 9. The number of nitrogens with zero attached hydrogens (tertiary/aromatic N) is 3. The number of amides is 1. The normalized spacial score (nSPS) is 15.3. The van der Waals surface area contributed by atoms with E-state index in [0.717, 1.165) is 62.0 Å². The Bertz CT molecular complexity index is 1140. The Morgan fingerprint density at radius 1 is 0.889 bits per heavy atom. The molecule has 0 unspecified atom stereocenters. The van der Waals surface area contributed by atoms with Gasteiger partial charge >= 0.3 is 0 Å². The molecule has 0 atom stereocenters. The lowest BCUT2D eigenvalue weighted by Gasteiger charge is -2.36. The van der Waals surface area contributed by atoms with Crippen molar-refractivity contribution >= 4 is 17.3 Å². The Hall–Kier alpha value is -3.55. The number of anilines is 2. The molecule has 0 aromatic heterocycles. The number of hydrogen-bond acceptors (Lipinski definition) is 6. The predicted molar refractivity (Wildman–Crippen MR) is 143 cm³/mol. The molecule has 0 bridgehead atoms. The van der Waals surface area contributed by atoms with Gasteiger partial charge in [-0.2, -0.15) is 0 Å². The van der Waals surface area contributed by atoms with E-state index in [4.69, 9.17) is 9.47 Å². The highest BCUT2D eigenvalue weighted by molar-refractivity contribution is 5.92. The maximum Gasteiger partial charge on any atom is 0.238 e. The highest BCUT2D eigenvalue weighted by Gasteiger charge is 2.18. The van der Waals surface area contributed by atoms with Crippen molar-refractivity contribution in [3.05, 3.63) is 83.9 Å². The lowest BCUT2D eigenvalue weighted by molar-refractivity contribution is -0.117. The van der Waals surface area contributed by atoms with Crippen molar-refractivity contribution in [2.75, 3.05) is 56.3 Å². The minimum Gasteiger partial charge on any atom is -0.454 e. The SMILES string of the molecule is CCN(CC(=O)Nc1ccc(N2CCN(Cc3ccccc3)CC2)cc1)Cc1ccc2c(c1)OCO2. The van der Waals surface area contributed by atoms with Gasteiger partial charge in [0.15, 0.2) is 11.5 Å². The van der Waals surface area contributed by atoms with Crippen LogP contribution in [-0.4, -0.2) is 61.8 Å². The summed E-state index contributed by atoms with van der Waals surface area (Å²) in [6.07, 6.45) is 0. The molecule has 0 radical (unpaired) electrons. The van der Waals surface area contributed by atoms with Gasteiger partial charge in [0.2, 0.25) is 12.7 Å². The van der Waals surface area contributed by atoms with Crippen LogP contribution in [0.15, 0.2) is 72.8 Å². The molecule has 1 N–H and O–H groups in total. The van der Waals surface area contributed by atoms with Crippen molar-refractivity contribution < 1.29 is 14.3 Å². The molecule has 1 fully saturated rings. The van der Waals surface area contributed by atoms with Crippen LogP contribution in [0, 0.1) is 0 Å². The zero-order valence-electron chi connectivity index (χ0n) is 20.9. The van der Waals surface area contributed by atoms with Crippen LogP contribution in [0.5, 0.6) is 11.5 Å². The highest BCUT2D eigenvalue weighted by Crippen LogP contribution is 2.32. The van der Waals surface area contributed by atoms with Crippen molar-refractivity contribution in [1.82, 2.24) is 9.80 Å². The first-order valence-corrected chi connectivity index (χ1v) is 12.7. The summed E-state index contributed by atoms with van der Waals surface area (Å²) in [4.78, 5) is 19.7. The third-order valence-electron chi connectivity index (χ3n) is 6.80. The lowest BCUT2D eigenvalue weighted by Crippen LogP contribution is -2.45. The Morgan fingerprint density at radius 3 is 2.39 bits per heavy atom. The Kier molecular flexibility index (Phi) is 7.69. The molecule has 5 rings (SSSR count). The molecule has 0 aliphatic carbocycles. The molecule has 1 saturated heterocycles. The van der Waals surface area contributed by atoms with Gasteiger partial charge in [-0.3, -0.25) is 14.6 Å². The molecule has 0 saturated carbocycles. The van der Waals surface area contributed by atoms with Crippen LogP contribution >= 0.6 is 0 Å². The molecule has 36 heavy (non-hydrogen) atoms. The van der Waals surface area contributed by atoms with E-state index in [0.29, 0.717) is 13.1 Å². The van der Waals surface area contributed by atoms with Crippen molar-refractivity contribution in [1.29, 1.82) is 0 Å². The molecule has 3 aromatic rings. The number of benzene rings is 3. The quantitative estimate of drug-likeness (QED) is 0.489. The van der Waals surface area contributed by atoms with Crippen LogP contribution in [0.3, 0.4) is 0 Å². The fourth-order valence-electron chi connectivity index (χ4n) is 4.74. The van der Waals surface area contributed by atoms with Gasteiger partial charge in [-0.05, 0) is 54.1 Å². The average molecular weight is 487 g/mol. The minimum atomic E-state index is -0.0140. The molecule has 0 spiro atoms. The number of nitrogens with one attached hydrogen (secondary N) is 1. The van der Waals surface area contributed by atoms with Crippen LogP contribution < -0.4 is 19.7 Å². The van der Waals surface area contributed by atoms with Gasteiger partial charge in [0, 0.05) is 50.6 Å². The summed E-state index contributed by atoms with van der Waals surface area (Å²) in [6, 6.07) is 24.8. The first-order chi connectivity index (χ1) is 17.7. The smallest absolute Gasteiger partial charge is 0.238 e. The van der Waals surface area contributed by atoms with E-state index < -0.39 is 0 Å².